The third-order valence-electron chi connectivity index (χ3n) is 3.92. The second kappa shape index (κ2) is 6.12. The van der Waals surface area contributed by atoms with Crippen LogP contribution < -0.4 is 5.32 Å². The number of fused-ring (bicyclic) bond motifs is 1. The Kier molecular flexibility index (Phi) is 3.67. The molecule has 2 heterocycles. The minimum Gasteiger partial charge on any atom is -0.366 e. The van der Waals surface area contributed by atoms with E-state index in [1.807, 2.05) is 36.4 Å². The van der Waals surface area contributed by atoms with Crippen LogP contribution in [-0.2, 0) is 6.54 Å². The summed E-state index contributed by atoms with van der Waals surface area (Å²) in [6.07, 6.45) is 1.52. The summed E-state index contributed by atoms with van der Waals surface area (Å²) >= 11 is 0. The molecule has 0 amide bonds. The van der Waals surface area contributed by atoms with Gasteiger partial charge >= 0.3 is 0 Å². The first-order chi connectivity index (χ1) is 11.8. The Hall–Kier alpha value is -3.21. The topological polar surface area (TPSA) is 55.1 Å². The number of aromatic nitrogens is 4. The smallest absolute Gasteiger partial charge is 0.254 e. The van der Waals surface area contributed by atoms with Crippen LogP contribution in [0.1, 0.15) is 11.1 Å². The summed E-state index contributed by atoms with van der Waals surface area (Å²) in [5, 5.41) is 7.70. The molecule has 118 valence electrons. The molecule has 4 aromatic rings. The molecule has 0 bridgehead atoms. The van der Waals surface area contributed by atoms with Crippen LogP contribution in [0.25, 0.3) is 17.0 Å². The van der Waals surface area contributed by atoms with Crippen LogP contribution in [0.15, 0.2) is 67.0 Å². The number of hydrogen-bond acceptors (Lipinski definition) is 4. The monoisotopic (exact) mass is 315 g/mol. The molecule has 0 aliphatic carbocycles. The molecule has 0 saturated carbocycles. The molecular weight excluding hydrogens is 298 g/mol. The van der Waals surface area contributed by atoms with E-state index in [1.165, 1.54) is 17.5 Å². The van der Waals surface area contributed by atoms with Gasteiger partial charge in [0.1, 0.15) is 12.1 Å². The molecule has 1 N–H and O–H groups in total. The molecule has 2 aromatic carbocycles. The van der Waals surface area contributed by atoms with Gasteiger partial charge in [-0.3, -0.25) is 0 Å². The lowest BCUT2D eigenvalue weighted by molar-refractivity contribution is 0.926. The maximum atomic E-state index is 4.58. The Morgan fingerprint density at radius 3 is 2.58 bits per heavy atom. The quantitative estimate of drug-likeness (QED) is 0.624. The molecule has 2 aromatic heterocycles. The van der Waals surface area contributed by atoms with E-state index in [0.29, 0.717) is 12.3 Å². The molecule has 0 atom stereocenters. The van der Waals surface area contributed by atoms with E-state index in [4.69, 9.17) is 0 Å². The molecule has 0 fully saturated rings. The average molecular weight is 315 g/mol. The average Bonchev–Trinajstić information content (AvgIpc) is 3.10. The number of nitrogens with one attached hydrogen (secondary N) is 1. The SMILES string of the molecule is Cc1ccc(CNc2cc(-c3ccccc3)nc3ncnn23)cc1. The highest BCUT2D eigenvalue weighted by molar-refractivity contribution is 5.65. The maximum Gasteiger partial charge on any atom is 0.254 e. The van der Waals surface area contributed by atoms with Crippen molar-refractivity contribution in [3.05, 3.63) is 78.1 Å². The zero-order valence-electron chi connectivity index (χ0n) is 13.3. The minimum absolute atomic E-state index is 0.586. The molecule has 0 spiro atoms. The van der Waals surface area contributed by atoms with Gasteiger partial charge in [0.2, 0.25) is 0 Å². The van der Waals surface area contributed by atoms with Crippen molar-refractivity contribution in [3.8, 4) is 11.3 Å². The van der Waals surface area contributed by atoms with Gasteiger partial charge in [-0.05, 0) is 12.5 Å². The molecule has 0 aliphatic rings. The van der Waals surface area contributed by atoms with Crippen molar-refractivity contribution in [1.82, 2.24) is 19.6 Å². The van der Waals surface area contributed by atoms with Crippen LogP contribution in [0.5, 0.6) is 0 Å². The van der Waals surface area contributed by atoms with Crippen molar-refractivity contribution in [3.63, 3.8) is 0 Å². The molecular formula is C19H17N5. The lowest BCUT2D eigenvalue weighted by Crippen LogP contribution is -2.07. The Labute approximate surface area is 140 Å². The molecule has 0 unspecified atom stereocenters. The van der Waals surface area contributed by atoms with Gasteiger partial charge in [-0.15, -0.1) is 0 Å². The summed E-state index contributed by atoms with van der Waals surface area (Å²) < 4.78 is 1.72. The standard InChI is InChI=1S/C19H17N5/c1-14-7-9-15(10-8-14)12-20-18-11-17(16-5-3-2-4-6-16)23-19-21-13-22-24(18)19/h2-11,13,20H,12H2,1H3. The highest BCUT2D eigenvalue weighted by Gasteiger charge is 2.09. The number of rotatable bonds is 4. The van der Waals surface area contributed by atoms with E-state index in [2.05, 4.69) is 51.6 Å². The van der Waals surface area contributed by atoms with Crippen LogP contribution in [0.2, 0.25) is 0 Å². The van der Waals surface area contributed by atoms with Crippen LogP contribution in [0.3, 0.4) is 0 Å². The first-order valence-corrected chi connectivity index (χ1v) is 7.85. The van der Waals surface area contributed by atoms with Crippen LogP contribution in [0.4, 0.5) is 5.82 Å². The highest BCUT2D eigenvalue weighted by Crippen LogP contribution is 2.21. The van der Waals surface area contributed by atoms with Crippen molar-refractivity contribution in [2.75, 3.05) is 5.32 Å². The molecule has 4 rings (SSSR count). The lowest BCUT2D eigenvalue weighted by Gasteiger charge is -2.10. The van der Waals surface area contributed by atoms with Gasteiger partial charge < -0.3 is 5.32 Å². The van der Waals surface area contributed by atoms with E-state index in [1.54, 1.807) is 4.52 Å². The summed E-state index contributed by atoms with van der Waals surface area (Å²) in [6.45, 7) is 2.80. The van der Waals surface area contributed by atoms with Gasteiger partial charge in [-0.1, -0.05) is 60.2 Å². The summed E-state index contributed by atoms with van der Waals surface area (Å²) in [7, 11) is 0. The summed E-state index contributed by atoms with van der Waals surface area (Å²) in [6, 6.07) is 20.6. The molecule has 5 nitrogen and oxygen atoms in total. The fraction of sp³-hybridized carbons (Fsp3) is 0.105. The van der Waals surface area contributed by atoms with Crippen LogP contribution >= 0.6 is 0 Å². The third-order valence-corrected chi connectivity index (χ3v) is 3.92. The van der Waals surface area contributed by atoms with Gasteiger partial charge in [0, 0.05) is 18.2 Å². The number of nitrogens with zero attached hydrogens (tertiary/aromatic N) is 4. The fourth-order valence-corrected chi connectivity index (χ4v) is 2.59. The van der Waals surface area contributed by atoms with Crippen molar-refractivity contribution < 1.29 is 0 Å². The van der Waals surface area contributed by atoms with Crippen molar-refractivity contribution >= 4 is 11.6 Å². The normalized spacial score (nSPS) is 10.9. The Morgan fingerprint density at radius 2 is 1.79 bits per heavy atom. The van der Waals surface area contributed by atoms with Crippen molar-refractivity contribution in [2.45, 2.75) is 13.5 Å². The fourth-order valence-electron chi connectivity index (χ4n) is 2.59. The summed E-state index contributed by atoms with van der Waals surface area (Å²) in [4.78, 5) is 8.81. The van der Waals surface area contributed by atoms with Crippen molar-refractivity contribution in [2.24, 2.45) is 0 Å². The predicted octanol–water partition coefficient (Wildman–Crippen LogP) is 3.71. The zero-order chi connectivity index (χ0) is 16.4. The van der Waals surface area contributed by atoms with Gasteiger partial charge in [0.25, 0.3) is 5.78 Å². The number of aryl methyl sites for hydroxylation is 1. The summed E-state index contributed by atoms with van der Waals surface area (Å²) in [5.74, 6) is 1.46. The number of anilines is 1. The van der Waals surface area contributed by atoms with Crippen molar-refractivity contribution in [1.29, 1.82) is 0 Å². The second-order valence-corrected chi connectivity index (χ2v) is 5.70. The molecule has 5 heteroatoms. The van der Waals surface area contributed by atoms with Gasteiger partial charge in [0.15, 0.2) is 0 Å². The minimum atomic E-state index is 0.586. The summed E-state index contributed by atoms with van der Waals surface area (Å²) in [5.41, 5.74) is 4.41. The van der Waals surface area contributed by atoms with Crippen LogP contribution in [0, 0.1) is 6.92 Å². The largest absolute Gasteiger partial charge is 0.366 e. The van der Waals surface area contributed by atoms with E-state index in [0.717, 1.165) is 17.1 Å². The van der Waals surface area contributed by atoms with E-state index in [-0.39, 0.29) is 0 Å². The second-order valence-electron chi connectivity index (χ2n) is 5.70. The highest BCUT2D eigenvalue weighted by atomic mass is 15.3. The van der Waals surface area contributed by atoms with E-state index < -0.39 is 0 Å². The number of hydrogen-bond donors (Lipinski definition) is 1. The maximum absolute atomic E-state index is 4.58. The Bertz CT molecular complexity index is 958. The van der Waals surface area contributed by atoms with Gasteiger partial charge in [0.05, 0.1) is 5.69 Å². The lowest BCUT2D eigenvalue weighted by atomic mass is 10.1. The molecule has 0 aliphatic heterocycles. The van der Waals surface area contributed by atoms with Gasteiger partial charge in [-0.25, -0.2) is 4.98 Å². The van der Waals surface area contributed by atoms with Crippen LogP contribution in [-0.4, -0.2) is 19.6 Å². The van der Waals surface area contributed by atoms with E-state index >= 15 is 0 Å². The zero-order valence-corrected chi connectivity index (χ0v) is 13.3. The molecule has 0 radical (unpaired) electrons. The first-order valence-electron chi connectivity index (χ1n) is 7.85. The molecule has 24 heavy (non-hydrogen) atoms. The van der Waals surface area contributed by atoms with E-state index in [9.17, 15) is 0 Å². The van der Waals surface area contributed by atoms with Gasteiger partial charge in [-0.2, -0.15) is 14.6 Å². The third kappa shape index (κ3) is 2.84. The number of benzene rings is 2. The molecule has 0 saturated heterocycles. The predicted molar refractivity (Wildman–Crippen MR) is 94.7 cm³/mol. The Morgan fingerprint density at radius 1 is 1.00 bits per heavy atom. The Balaban J connectivity index is 1.68. The first kappa shape index (κ1) is 14.4.